The van der Waals surface area contributed by atoms with E-state index >= 15 is 0 Å². The molecule has 1 fully saturated rings. The molecule has 0 spiro atoms. The third kappa shape index (κ3) is 4.46. The Balaban J connectivity index is 0.00000289. The van der Waals surface area contributed by atoms with Crippen molar-refractivity contribution >= 4 is 24.3 Å². The molecular formula is C12H23ClN2O3. The number of carboxylic acid groups (broad SMARTS) is 1. The highest BCUT2D eigenvalue weighted by molar-refractivity contribution is 5.85. The van der Waals surface area contributed by atoms with Crippen molar-refractivity contribution in [2.45, 2.75) is 45.2 Å². The van der Waals surface area contributed by atoms with Gasteiger partial charge in [-0.15, -0.1) is 12.4 Å². The molecule has 1 saturated heterocycles. The molecule has 0 aliphatic carbocycles. The fourth-order valence-corrected chi connectivity index (χ4v) is 2.10. The quantitative estimate of drug-likeness (QED) is 0.821. The minimum Gasteiger partial charge on any atom is -0.480 e. The van der Waals surface area contributed by atoms with Crippen LogP contribution in [0.1, 0.15) is 33.1 Å². The zero-order chi connectivity index (χ0) is 13.0. The molecule has 0 aromatic rings. The van der Waals surface area contributed by atoms with E-state index in [9.17, 15) is 9.59 Å². The zero-order valence-corrected chi connectivity index (χ0v) is 12.1. The van der Waals surface area contributed by atoms with Gasteiger partial charge in [0.05, 0.1) is 0 Å². The maximum Gasteiger partial charge on any atom is 0.320 e. The van der Waals surface area contributed by atoms with Gasteiger partial charge < -0.3 is 10.0 Å². The lowest BCUT2D eigenvalue weighted by atomic mass is 10.2. The summed E-state index contributed by atoms with van der Waals surface area (Å²) in [6.45, 7) is 5.04. The van der Waals surface area contributed by atoms with Crippen LogP contribution in [0.2, 0.25) is 0 Å². The fraction of sp³-hybridized carbons (Fsp3) is 0.833. The van der Waals surface area contributed by atoms with Gasteiger partial charge in [-0.1, -0.05) is 0 Å². The van der Waals surface area contributed by atoms with Crippen LogP contribution >= 0.6 is 12.4 Å². The second-order valence-corrected chi connectivity index (χ2v) is 4.82. The van der Waals surface area contributed by atoms with Crippen molar-refractivity contribution in [2.75, 3.05) is 20.1 Å². The predicted octanol–water partition coefficient (Wildman–Crippen LogP) is 1.21. The predicted molar refractivity (Wildman–Crippen MR) is 72.0 cm³/mol. The van der Waals surface area contributed by atoms with Crippen LogP contribution in [0.4, 0.5) is 0 Å². The number of amides is 1. The number of aliphatic carboxylic acids is 1. The molecule has 1 aliphatic heterocycles. The van der Waals surface area contributed by atoms with Gasteiger partial charge in [0.1, 0.15) is 6.04 Å². The first-order valence-corrected chi connectivity index (χ1v) is 6.16. The number of carbonyl (C=O) groups excluding carboxylic acids is 1. The molecule has 1 N–H and O–H groups in total. The lowest BCUT2D eigenvalue weighted by Crippen LogP contribution is -2.40. The first-order chi connectivity index (χ1) is 7.93. The average Bonchev–Trinajstić information content (AvgIpc) is 2.70. The van der Waals surface area contributed by atoms with Crippen LogP contribution < -0.4 is 0 Å². The number of hydrogen-bond donors (Lipinski definition) is 1. The van der Waals surface area contributed by atoms with Gasteiger partial charge in [-0.25, -0.2) is 0 Å². The van der Waals surface area contributed by atoms with Crippen molar-refractivity contribution in [3.05, 3.63) is 0 Å². The number of likely N-dealkylation sites (tertiary alicyclic amines) is 1. The SMILES string of the molecule is CC(C(=O)O)N(C)CCC(=O)N1CCCC1C.Cl. The van der Waals surface area contributed by atoms with Crippen molar-refractivity contribution in [1.29, 1.82) is 0 Å². The first kappa shape index (κ1) is 17.2. The molecular weight excluding hydrogens is 256 g/mol. The van der Waals surface area contributed by atoms with Gasteiger partial charge in [-0.2, -0.15) is 0 Å². The molecule has 0 aromatic carbocycles. The molecule has 0 saturated carbocycles. The van der Waals surface area contributed by atoms with Crippen LogP contribution in [-0.4, -0.2) is 59.0 Å². The third-order valence-corrected chi connectivity index (χ3v) is 3.57. The van der Waals surface area contributed by atoms with E-state index in [1.165, 1.54) is 0 Å². The van der Waals surface area contributed by atoms with E-state index in [4.69, 9.17) is 5.11 Å². The fourth-order valence-electron chi connectivity index (χ4n) is 2.10. The second kappa shape index (κ2) is 7.59. The Morgan fingerprint density at radius 3 is 2.56 bits per heavy atom. The largest absolute Gasteiger partial charge is 0.480 e. The highest BCUT2D eigenvalue weighted by atomic mass is 35.5. The van der Waals surface area contributed by atoms with Gasteiger partial charge in [0, 0.05) is 25.6 Å². The molecule has 0 radical (unpaired) electrons. The van der Waals surface area contributed by atoms with Crippen LogP contribution in [-0.2, 0) is 9.59 Å². The number of nitrogens with zero attached hydrogens (tertiary/aromatic N) is 2. The highest BCUT2D eigenvalue weighted by Gasteiger charge is 2.25. The van der Waals surface area contributed by atoms with E-state index in [-0.39, 0.29) is 18.3 Å². The number of rotatable bonds is 5. The summed E-state index contributed by atoms with van der Waals surface area (Å²) in [6, 6.07) is -0.205. The molecule has 2 unspecified atom stereocenters. The van der Waals surface area contributed by atoms with Crippen LogP contribution in [0.3, 0.4) is 0 Å². The van der Waals surface area contributed by atoms with Crippen LogP contribution in [0.5, 0.6) is 0 Å². The number of halogens is 1. The van der Waals surface area contributed by atoms with Gasteiger partial charge in [0.25, 0.3) is 0 Å². The Hall–Kier alpha value is -0.810. The minimum absolute atomic E-state index is 0. The Bertz CT molecular complexity index is 299. The van der Waals surface area contributed by atoms with E-state index < -0.39 is 12.0 Å². The Morgan fingerprint density at radius 2 is 2.11 bits per heavy atom. The number of hydrogen-bond acceptors (Lipinski definition) is 3. The lowest BCUT2D eigenvalue weighted by molar-refractivity contribution is -0.143. The van der Waals surface area contributed by atoms with Crippen molar-refractivity contribution in [3.63, 3.8) is 0 Å². The molecule has 18 heavy (non-hydrogen) atoms. The Morgan fingerprint density at radius 1 is 1.50 bits per heavy atom. The van der Waals surface area contributed by atoms with E-state index in [1.54, 1.807) is 18.9 Å². The van der Waals surface area contributed by atoms with Crippen LogP contribution in [0.25, 0.3) is 0 Å². The summed E-state index contributed by atoms with van der Waals surface area (Å²) in [5.74, 6) is -0.714. The summed E-state index contributed by atoms with van der Waals surface area (Å²) in [7, 11) is 1.74. The molecule has 2 atom stereocenters. The molecule has 1 heterocycles. The van der Waals surface area contributed by atoms with E-state index in [0.717, 1.165) is 19.4 Å². The summed E-state index contributed by atoms with van der Waals surface area (Å²) < 4.78 is 0. The van der Waals surface area contributed by atoms with Crippen LogP contribution in [0, 0.1) is 0 Å². The van der Waals surface area contributed by atoms with Crippen molar-refractivity contribution in [3.8, 4) is 0 Å². The topological polar surface area (TPSA) is 60.9 Å². The highest BCUT2D eigenvalue weighted by Crippen LogP contribution is 2.17. The first-order valence-electron chi connectivity index (χ1n) is 6.16. The monoisotopic (exact) mass is 278 g/mol. The molecule has 0 bridgehead atoms. The second-order valence-electron chi connectivity index (χ2n) is 4.82. The smallest absolute Gasteiger partial charge is 0.320 e. The van der Waals surface area contributed by atoms with Crippen molar-refractivity contribution < 1.29 is 14.7 Å². The van der Waals surface area contributed by atoms with E-state index in [1.807, 2.05) is 4.90 Å². The van der Waals surface area contributed by atoms with Crippen molar-refractivity contribution in [1.82, 2.24) is 9.80 Å². The van der Waals surface area contributed by atoms with Gasteiger partial charge in [-0.05, 0) is 33.7 Å². The molecule has 1 rings (SSSR count). The molecule has 1 aliphatic rings. The van der Waals surface area contributed by atoms with E-state index in [0.29, 0.717) is 19.0 Å². The summed E-state index contributed by atoms with van der Waals surface area (Å²) >= 11 is 0. The van der Waals surface area contributed by atoms with Crippen LogP contribution in [0.15, 0.2) is 0 Å². The van der Waals surface area contributed by atoms with Gasteiger partial charge in [0.2, 0.25) is 5.91 Å². The molecule has 0 aromatic heterocycles. The standard InChI is InChI=1S/C12H22N2O3.ClH/c1-9-5-4-7-14(9)11(15)6-8-13(3)10(2)12(16)17;/h9-10H,4-8H2,1-3H3,(H,16,17);1H. The molecule has 6 heteroatoms. The Kier molecular flexibility index (Phi) is 7.25. The number of carboxylic acids is 1. The maximum absolute atomic E-state index is 11.9. The minimum atomic E-state index is -0.852. The summed E-state index contributed by atoms with van der Waals surface area (Å²) in [5.41, 5.74) is 0. The molecule has 106 valence electrons. The normalized spacial score (nSPS) is 20.7. The zero-order valence-electron chi connectivity index (χ0n) is 11.3. The maximum atomic E-state index is 11.9. The summed E-state index contributed by atoms with van der Waals surface area (Å²) in [6.07, 6.45) is 2.56. The van der Waals surface area contributed by atoms with Crippen molar-refractivity contribution in [2.24, 2.45) is 0 Å². The van der Waals surface area contributed by atoms with Gasteiger partial charge in [-0.3, -0.25) is 14.5 Å². The van der Waals surface area contributed by atoms with Gasteiger partial charge >= 0.3 is 5.97 Å². The van der Waals surface area contributed by atoms with Gasteiger partial charge in [0.15, 0.2) is 0 Å². The molecule has 1 amide bonds. The summed E-state index contributed by atoms with van der Waals surface area (Å²) in [5, 5.41) is 8.83. The third-order valence-electron chi connectivity index (χ3n) is 3.57. The lowest BCUT2D eigenvalue weighted by Gasteiger charge is -2.24. The molecule has 5 nitrogen and oxygen atoms in total. The van der Waals surface area contributed by atoms with E-state index in [2.05, 4.69) is 6.92 Å². The Labute approximate surface area is 115 Å². The number of likely N-dealkylation sites (N-methyl/N-ethyl adjacent to an activating group) is 1. The summed E-state index contributed by atoms with van der Waals surface area (Å²) in [4.78, 5) is 26.3. The average molecular weight is 279 g/mol. The number of carbonyl (C=O) groups is 2.